The van der Waals surface area contributed by atoms with E-state index in [1.165, 1.54) is 25.9 Å². The molecule has 5 heterocycles. The minimum atomic E-state index is 0.409. The van der Waals surface area contributed by atoms with Crippen molar-refractivity contribution in [2.75, 3.05) is 26.7 Å². The van der Waals surface area contributed by atoms with Crippen LogP contribution < -0.4 is 0 Å². The molecule has 1 N–H and O–H groups in total. The molecule has 0 amide bonds. The van der Waals surface area contributed by atoms with Crippen LogP contribution in [0.5, 0.6) is 0 Å². The second kappa shape index (κ2) is 10.7. The fraction of sp³-hybridized carbons (Fsp3) is 0.500. The first-order valence-electron chi connectivity index (χ1n) is 11.8. The molecule has 176 valence electrons. The molecule has 0 spiro atoms. The Labute approximate surface area is 194 Å². The Hall–Kier alpha value is -3.04. The van der Waals surface area contributed by atoms with Crippen LogP contribution in [0.2, 0.25) is 0 Å². The van der Waals surface area contributed by atoms with E-state index in [1.54, 1.807) is 0 Å². The molecule has 0 radical (unpaired) electrons. The van der Waals surface area contributed by atoms with Gasteiger partial charge < -0.3 is 10.0 Å². The quantitative estimate of drug-likeness (QED) is 0.442. The third-order valence-corrected chi connectivity index (χ3v) is 6.35. The number of aromatic nitrogens is 7. The summed E-state index contributed by atoms with van der Waals surface area (Å²) in [4.78, 5) is 7.52. The van der Waals surface area contributed by atoms with Gasteiger partial charge >= 0.3 is 0 Å². The van der Waals surface area contributed by atoms with Crippen LogP contribution in [0.4, 0.5) is 0 Å². The Bertz CT molecular complexity index is 1150. The number of rotatable bonds is 8. The number of nitrogens with zero attached hydrogens (tertiary/aromatic N) is 8. The molecule has 0 aromatic carbocycles. The molecular weight excluding hydrogens is 416 g/mol. The normalized spacial score (nSPS) is 14.2. The summed E-state index contributed by atoms with van der Waals surface area (Å²) in [6.07, 6.45) is 16.6. The largest absolute Gasteiger partial charge is 0.400 e. The van der Waals surface area contributed by atoms with E-state index >= 15 is 0 Å². The van der Waals surface area contributed by atoms with Crippen molar-refractivity contribution in [3.8, 4) is 22.5 Å². The van der Waals surface area contributed by atoms with E-state index in [-0.39, 0.29) is 0 Å². The van der Waals surface area contributed by atoms with Gasteiger partial charge in [-0.2, -0.15) is 15.3 Å². The van der Waals surface area contributed by atoms with Crippen LogP contribution in [0.3, 0.4) is 0 Å². The molecule has 0 unspecified atom stereocenters. The fourth-order valence-electron chi connectivity index (χ4n) is 4.47. The maximum atomic E-state index is 7.00. The second-order valence-electron chi connectivity index (χ2n) is 8.36. The summed E-state index contributed by atoms with van der Waals surface area (Å²) in [7, 11) is 1.00. The molecule has 1 fully saturated rings. The molecule has 9 nitrogen and oxygen atoms in total. The molecular formula is C24H34N8O. The molecule has 0 aliphatic carbocycles. The van der Waals surface area contributed by atoms with E-state index in [9.17, 15) is 0 Å². The van der Waals surface area contributed by atoms with Gasteiger partial charge in [0.2, 0.25) is 0 Å². The van der Waals surface area contributed by atoms with Crippen molar-refractivity contribution >= 4 is 5.52 Å². The molecule has 1 saturated heterocycles. The van der Waals surface area contributed by atoms with E-state index in [0.29, 0.717) is 6.04 Å². The molecule has 0 bridgehead atoms. The predicted octanol–water partition coefficient (Wildman–Crippen LogP) is 3.52. The fourth-order valence-corrected chi connectivity index (χ4v) is 4.47. The lowest BCUT2D eigenvalue weighted by molar-refractivity contribution is 0.316. The van der Waals surface area contributed by atoms with Gasteiger partial charge in [-0.15, -0.1) is 0 Å². The summed E-state index contributed by atoms with van der Waals surface area (Å²) in [5.41, 5.74) is 4.77. The molecule has 1 aliphatic heterocycles. The van der Waals surface area contributed by atoms with E-state index < -0.39 is 0 Å². The number of aliphatic hydroxyl groups is 1. The molecule has 0 saturated carbocycles. The zero-order valence-corrected chi connectivity index (χ0v) is 19.8. The van der Waals surface area contributed by atoms with Crippen molar-refractivity contribution in [1.82, 2.24) is 39.1 Å². The Morgan fingerprint density at radius 1 is 0.909 bits per heavy atom. The first-order valence-corrected chi connectivity index (χ1v) is 11.8. The summed E-state index contributed by atoms with van der Waals surface area (Å²) in [5, 5.41) is 20.7. The number of aliphatic hydroxyl groups excluding tert-OH is 1. The van der Waals surface area contributed by atoms with Crippen LogP contribution in [0.1, 0.15) is 45.6 Å². The van der Waals surface area contributed by atoms with Gasteiger partial charge in [-0.1, -0.05) is 13.8 Å². The Balaban J connectivity index is 0.00000126. The van der Waals surface area contributed by atoms with Gasteiger partial charge in [0, 0.05) is 37.2 Å². The summed E-state index contributed by atoms with van der Waals surface area (Å²) in [6.45, 7) is 8.77. The van der Waals surface area contributed by atoms with Crippen molar-refractivity contribution < 1.29 is 5.11 Å². The molecule has 4 aromatic rings. The van der Waals surface area contributed by atoms with E-state index in [2.05, 4.69) is 51.1 Å². The highest BCUT2D eigenvalue weighted by molar-refractivity contribution is 5.78. The van der Waals surface area contributed by atoms with Gasteiger partial charge in [-0.3, -0.25) is 9.36 Å². The van der Waals surface area contributed by atoms with Crippen molar-refractivity contribution in [3.63, 3.8) is 0 Å². The van der Waals surface area contributed by atoms with E-state index in [4.69, 9.17) is 10.1 Å². The van der Waals surface area contributed by atoms with Crippen molar-refractivity contribution in [1.29, 1.82) is 0 Å². The summed E-state index contributed by atoms with van der Waals surface area (Å²) >= 11 is 0. The smallest absolute Gasteiger partial charge is 0.0999 e. The molecule has 1 aliphatic rings. The Morgan fingerprint density at radius 2 is 1.67 bits per heavy atom. The summed E-state index contributed by atoms with van der Waals surface area (Å²) in [5.74, 6) is 0. The SMILES string of the molecule is CCC(CC)n1cc(-c2nc(-c3cnn(CCN4CCCC4)c3)cn3nccc23)cn1.CO. The standard InChI is InChI=1S/C23H30N8.CH4O/c1-3-20(4-2)30-16-19(14-26-30)23-22-7-8-24-31(22)17-21(27-23)18-13-25-29(15-18)12-11-28-9-5-6-10-28;1-2/h7-8,13-17,20H,3-6,9-12H2,1-2H3;2H,1H3. The van der Waals surface area contributed by atoms with E-state index in [1.807, 2.05) is 40.1 Å². The second-order valence-corrected chi connectivity index (χ2v) is 8.36. The van der Waals surface area contributed by atoms with Gasteiger partial charge in [0.15, 0.2) is 0 Å². The first-order chi connectivity index (χ1) is 16.2. The van der Waals surface area contributed by atoms with Gasteiger partial charge in [0.25, 0.3) is 0 Å². The predicted molar refractivity (Wildman–Crippen MR) is 129 cm³/mol. The van der Waals surface area contributed by atoms with Crippen LogP contribution >= 0.6 is 0 Å². The van der Waals surface area contributed by atoms with Gasteiger partial charge in [-0.05, 0) is 44.8 Å². The molecule has 33 heavy (non-hydrogen) atoms. The number of likely N-dealkylation sites (tertiary alicyclic amines) is 1. The summed E-state index contributed by atoms with van der Waals surface area (Å²) in [6, 6.07) is 2.41. The van der Waals surface area contributed by atoms with Crippen molar-refractivity contribution in [2.24, 2.45) is 0 Å². The van der Waals surface area contributed by atoms with Crippen molar-refractivity contribution in [3.05, 3.63) is 43.2 Å². The topological polar surface area (TPSA) is 89.3 Å². The van der Waals surface area contributed by atoms with Crippen LogP contribution in [-0.2, 0) is 6.54 Å². The average Bonchev–Trinajstić information content (AvgIpc) is 3.66. The number of fused-ring (bicyclic) bond motifs is 1. The van der Waals surface area contributed by atoms with Crippen LogP contribution in [-0.4, -0.2) is 70.9 Å². The van der Waals surface area contributed by atoms with Crippen LogP contribution in [0.15, 0.2) is 43.2 Å². The Kier molecular flexibility index (Phi) is 7.51. The lowest BCUT2D eigenvalue weighted by atomic mass is 10.1. The highest BCUT2D eigenvalue weighted by Crippen LogP contribution is 2.28. The highest BCUT2D eigenvalue weighted by Gasteiger charge is 2.16. The minimum absolute atomic E-state index is 0.409. The highest BCUT2D eigenvalue weighted by atomic mass is 16.2. The maximum absolute atomic E-state index is 7.00. The van der Waals surface area contributed by atoms with Crippen LogP contribution in [0.25, 0.3) is 28.0 Å². The molecule has 4 aromatic heterocycles. The molecule has 5 rings (SSSR count). The third-order valence-electron chi connectivity index (χ3n) is 6.35. The number of hydrogen-bond acceptors (Lipinski definition) is 6. The zero-order valence-electron chi connectivity index (χ0n) is 19.8. The van der Waals surface area contributed by atoms with Gasteiger partial charge in [-0.25, -0.2) is 9.50 Å². The monoisotopic (exact) mass is 450 g/mol. The average molecular weight is 451 g/mol. The molecule has 9 heteroatoms. The van der Waals surface area contributed by atoms with Crippen molar-refractivity contribution in [2.45, 2.75) is 52.1 Å². The maximum Gasteiger partial charge on any atom is 0.0999 e. The lowest BCUT2D eigenvalue weighted by Gasteiger charge is -2.13. The first kappa shape index (κ1) is 23.1. The lowest BCUT2D eigenvalue weighted by Crippen LogP contribution is -2.24. The van der Waals surface area contributed by atoms with Gasteiger partial charge in [0.1, 0.15) is 0 Å². The third kappa shape index (κ3) is 4.99. The Morgan fingerprint density at radius 3 is 2.42 bits per heavy atom. The zero-order chi connectivity index (χ0) is 23.2. The summed E-state index contributed by atoms with van der Waals surface area (Å²) < 4.78 is 5.98. The molecule has 0 atom stereocenters. The number of hydrogen-bond donors (Lipinski definition) is 1. The van der Waals surface area contributed by atoms with Gasteiger partial charge in [0.05, 0.1) is 54.3 Å². The van der Waals surface area contributed by atoms with E-state index in [0.717, 1.165) is 61.1 Å². The minimum Gasteiger partial charge on any atom is -0.400 e. The van der Waals surface area contributed by atoms with Crippen LogP contribution in [0, 0.1) is 0 Å².